The molecule has 2 amide bonds. The molecule has 6 nitrogen and oxygen atoms in total. The molecule has 2 aromatic rings. The second-order valence-electron chi connectivity index (χ2n) is 5.21. The van der Waals surface area contributed by atoms with E-state index < -0.39 is 0 Å². The highest BCUT2D eigenvalue weighted by molar-refractivity contribution is 5.96. The molecule has 1 N–H and O–H groups in total. The molecule has 1 aromatic carbocycles. The fraction of sp³-hybridized carbons (Fsp3) is 0.250. The molecule has 1 aliphatic rings. The minimum absolute atomic E-state index is 0.124. The van der Waals surface area contributed by atoms with Crippen molar-refractivity contribution in [1.29, 1.82) is 0 Å². The Balaban J connectivity index is 1.71. The van der Waals surface area contributed by atoms with Crippen molar-refractivity contribution in [1.82, 2.24) is 9.97 Å². The Labute approximate surface area is 128 Å². The Morgan fingerprint density at radius 1 is 1.27 bits per heavy atom. The van der Waals surface area contributed by atoms with Crippen LogP contribution in [0, 0.1) is 0 Å². The van der Waals surface area contributed by atoms with Crippen molar-refractivity contribution in [2.75, 3.05) is 17.3 Å². The molecule has 22 heavy (non-hydrogen) atoms. The summed E-state index contributed by atoms with van der Waals surface area (Å²) in [6.45, 7) is 0. The first-order chi connectivity index (χ1) is 10.6. The third-order valence-corrected chi connectivity index (χ3v) is 3.67. The highest BCUT2D eigenvalue weighted by Gasteiger charge is 2.21. The number of nitrogens with zero attached hydrogens (tertiary/aromatic N) is 3. The number of amides is 2. The number of carbonyl (C=O) groups excluding carboxylic acids is 2. The van der Waals surface area contributed by atoms with Crippen LogP contribution in [0.1, 0.15) is 17.5 Å². The molecule has 0 radical (unpaired) electrons. The Morgan fingerprint density at radius 2 is 2.05 bits per heavy atom. The lowest BCUT2D eigenvalue weighted by Gasteiger charge is -2.26. The molecule has 0 atom stereocenters. The predicted octanol–water partition coefficient (Wildman–Crippen LogP) is 1.57. The Morgan fingerprint density at radius 3 is 2.82 bits per heavy atom. The van der Waals surface area contributed by atoms with Gasteiger partial charge in [-0.15, -0.1) is 0 Å². The first kappa shape index (κ1) is 14.2. The van der Waals surface area contributed by atoms with E-state index in [1.165, 1.54) is 0 Å². The zero-order valence-electron chi connectivity index (χ0n) is 12.2. The number of aromatic nitrogens is 2. The van der Waals surface area contributed by atoms with Gasteiger partial charge in [-0.3, -0.25) is 14.9 Å². The number of rotatable bonds is 3. The second kappa shape index (κ2) is 5.93. The Hall–Kier alpha value is -2.76. The quantitative estimate of drug-likeness (QED) is 0.933. The van der Waals surface area contributed by atoms with E-state index in [-0.39, 0.29) is 18.2 Å². The number of hydrogen-bond acceptors (Lipinski definition) is 4. The van der Waals surface area contributed by atoms with Gasteiger partial charge in [-0.05, 0) is 29.7 Å². The average molecular weight is 296 g/mol. The molecule has 6 heteroatoms. The van der Waals surface area contributed by atoms with E-state index in [2.05, 4.69) is 15.3 Å². The fourth-order valence-corrected chi connectivity index (χ4v) is 2.54. The van der Waals surface area contributed by atoms with E-state index in [1.807, 2.05) is 18.2 Å². The number of anilines is 2. The maximum Gasteiger partial charge on any atom is 0.231 e. The van der Waals surface area contributed by atoms with Crippen molar-refractivity contribution in [3.8, 4) is 0 Å². The maximum absolute atomic E-state index is 12.0. The number of carbonyl (C=O) groups is 2. The summed E-state index contributed by atoms with van der Waals surface area (Å²) in [7, 11) is 1.78. The molecule has 0 spiro atoms. The standard InChI is InChI=1S/C16H16N4O2/c1-20-13-5-3-11(9-12(13)4-6-15(20)22)10-14(21)19-16-17-7-2-8-18-16/h2-3,5,7-9H,4,6,10H2,1H3,(H,17,18,19,21). The van der Waals surface area contributed by atoms with E-state index in [4.69, 9.17) is 0 Å². The number of aryl methyl sites for hydroxylation is 1. The van der Waals surface area contributed by atoms with Gasteiger partial charge in [0.2, 0.25) is 17.8 Å². The molecule has 0 saturated heterocycles. The largest absolute Gasteiger partial charge is 0.315 e. The lowest BCUT2D eigenvalue weighted by atomic mass is 9.98. The molecule has 1 aliphatic heterocycles. The van der Waals surface area contributed by atoms with Crippen LogP contribution in [0.15, 0.2) is 36.7 Å². The molecule has 3 rings (SSSR count). The minimum atomic E-state index is -0.161. The lowest BCUT2D eigenvalue weighted by Crippen LogP contribution is -2.31. The van der Waals surface area contributed by atoms with Crippen molar-refractivity contribution >= 4 is 23.5 Å². The molecule has 2 heterocycles. The molecule has 0 saturated carbocycles. The number of hydrogen-bond donors (Lipinski definition) is 1. The molecular formula is C16H16N4O2. The van der Waals surface area contributed by atoms with Gasteiger partial charge in [0.15, 0.2) is 0 Å². The molecule has 0 aliphatic carbocycles. The van der Waals surface area contributed by atoms with Gasteiger partial charge in [-0.25, -0.2) is 9.97 Å². The summed E-state index contributed by atoms with van der Waals surface area (Å²) in [5.41, 5.74) is 2.94. The van der Waals surface area contributed by atoms with Crippen LogP contribution in [-0.4, -0.2) is 28.8 Å². The van der Waals surface area contributed by atoms with Crippen molar-refractivity contribution in [3.63, 3.8) is 0 Å². The van der Waals surface area contributed by atoms with Crippen molar-refractivity contribution in [2.45, 2.75) is 19.3 Å². The van der Waals surface area contributed by atoms with Crippen LogP contribution in [0.3, 0.4) is 0 Å². The monoisotopic (exact) mass is 296 g/mol. The third-order valence-electron chi connectivity index (χ3n) is 3.67. The number of fused-ring (bicyclic) bond motifs is 1. The van der Waals surface area contributed by atoms with Crippen LogP contribution in [0.4, 0.5) is 11.6 Å². The average Bonchev–Trinajstić information content (AvgIpc) is 2.52. The molecule has 0 unspecified atom stereocenters. The fourth-order valence-electron chi connectivity index (χ4n) is 2.54. The van der Waals surface area contributed by atoms with Crippen LogP contribution >= 0.6 is 0 Å². The van der Waals surface area contributed by atoms with E-state index in [0.717, 1.165) is 23.2 Å². The maximum atomic E-state index is 12.0. The zero-order chi connectivity index (χ0) is 15.5. The first-order valence-corrected chi connectivity index (χ1v) is 7.09. The summed E-state index contributed by atoms with van der Waals surface area (Å²) < 4.78 is 0. The summed E-state index contributed by atoms with van der Waals surface area (Å²) in [4.78, 5) is 33.3. The van der Waals surface area contributed by atoms with Crippen LogP contribution in [0.2, 0.25) is 0 Å². The summed E-state index contributed by atoms with van der Waals surface area (Å²) in [6, 6.07) is 7.45. The summed E-state index contributed by atoms with van der Waals surface area (Å²) >= 11 is 0. The third kappa shape index (κ3) is 2.95. The van der Waals surface area contributed by atoms with E-state index >= 15 is 0 Å². The molecule has 0 fully saturated rings. The van der Waals surface area contributed by atoms with Gasteiger partial charge in [-0.2, -0.15) is 0 Å². The van der Waals surface area contributed by atoms with Gasteiger partial charge < -0.3 is 4.90 Å². The lowest BCUT2D eigenvalue weighted by molar-refractivity contribution is -0.118. The number of benzene rings is 1. The topological polar surface area (TPSA) is 75.2 Å². The van der Waals surface area contributed by atoms with Gasteiger partial charge in [0.1, 0.15) is 0 Å². The highest BCUT2D eigenvalue weighted by atomic mass is 16.2. The Bertz CT molecular complexity index is 715. The van der Waals surface area contributed by atoms with Crippen molar-refractivity contribution in [2.24, 2.45) is 0 Å². The van der Waals surface area contributed by atoms with Gasteiger partial charge in [0.25, 0.3) is 0 Å². The van der Waals surface area contributed by atoms with Crippen LogP contribution < -0.4 is 10.2 Å². The van der Waals surface area contributed by atoms with Gasteiger partial charge in [0.05, 0.1) is 6.42 Å². The van der Waals surface area contributed by atoms with Gasteiger partial charge >= 0.3 is 0 Å². The van der Waals surface area contributed by atoms with Crippen LogP contribution in [0.25, 0.3) is 0 Å². The summed E-state index contributed by atoms with van der Waals surface area (Å²) in [5.74, 6) is 0.265. The van der Waals surface area contributed by atoms with Crippen LogP contribution in [-0.2, 0) is 22.4 Å². The zero-order valence-corrected chi connectivity index (χ0v) is 12.2. The predicted molar refractivity (Wildman–Crippen MR) is 82.5 cm³/mol. The molecule has 1 aromatic heterocycles. The summed E-state index contributed by atoms with van der Waals surface area (Å²) in [5, 5.41) is 2.66. The SMILES string of the molecule is CN1C(=O)CCc2cc(CC(=O)Nc3ncccn3)ccc21. The molecule has 0 bridgehead atoms. The Kier molecular flexibility index (Phi) is 3.82. The normalized spacial score (nSPS) is 13.7. The second-order valence-corrected chi connectivity index (χ2v) is 5.21. The molecular weight excluding hydrogens is 280 g/mol. The van der Waals surface area contributed by atoms with Gasteiger partial charge in [0, 0.05) is 31.5 Å². The highest BCUT2D eigenvalue weighted by Crippen LogP contribution is 2.27. The smallest absolute Gasteiger partial charge is 0.231 e. The van der Waals surface area contributed by atoms with Gasteiger partial charge in [-0.1, -0.05) is 12.1 Å². The summed E-state index contributed by atoms with van der Waals surface area (Å²) in [6.07, 6.45) is 4.64. The van der Waals surface area contributed by atoms with Crippen LogP contribution in [0.5, 0.6) is 0 Å². The van der Waals surface area contributed by atoms with Crippen molar-refractivity contribution < 1.29 is 9.59 Å². The van der Waals surface area contributed by atoms with E-state index in [1.54, 1.807) is 30.4 Å². The minimum Gasteiger partial charge on any atom is -0.315 e. The van der Waals surface area contributed by atoms with E-state index in [0.29, 0.717) is 12.4 Å². The van der Waals surface area contributed by atoms with Crippen molar-refractivity contribution in [3.05, 3.63) is 47.8 Å². The van der Waals surface area contributed by atoms with E-state index in [9.17, 15) is 9.59 Å². The molecule has 112 valence electrons. The number of nitrogens with one attached hydrogen (secondary N) is 1. The first-order valence-electron chi connectivity index (χ1n) is 7.09.